The number of carbonyl (C=O) groups excluding carboxylic acids is 2. The van der Waals surface area contributed by atoms with Gasteiger partial charge in [0, 0.05) is 37.5 Å². The van der Waals surface area contributed by atoms with Gasteiger partial charge in [-0.3, -0.25) is 9.59 Å². The molecule has 2 amide bonds. The molecule has 0 bridgehead atoms. The van der Waals surface area contributed by atoms with E-state index < -0.39 is 0 Å². The maximum atomic E-state index is 12.8. The van der Waals surface area contributed by atoms with Crippen molar-refractivity contribution in [3.63, 3.8) is 0 Å². The Labute approximate surface area is 202 Å². The van der Waals surface area contributed by atoms with Crippen LogP contribution in [0, 0.1) is 5.92 Å². The van der Waals surface area contributed by atoms with Gasteiger partial charge in [0.05, 0.1) is 0 Å². The van der Waals surface area contributed by atoms with Crippen LogP contribution in [0.3, 0.4) is 0 Å². The van der Waals surface area contributed by atoms with Gasteiger partial charge in [0.2, 0.25) is 11.8 Å². The van der Waals surface area contributed by atoms with E-state index in [-0.39, 0.29) is 23.7 Å². The number of piperidine rings is 1. The summed E-state index contributed by atoms with van der Waals surface area (Å²) in [6, 6.07) is 30.7. The maximum absolute atomic E-state index is 12.8. The third kappa shape index (κ3) is 6.44. The predicted molar refractivity (Wildman–Crippen MR) is 137 cm³/mol. The lowest BCUT2D eigenvalue weighted by Gasteiger charge is -2.30. The Bertz CT molecular complexity index is 1030. The van der Waals surface area contributed by atoms with Crippen LogP contribution in [-0.2, 0) is 9.59 Å². The van der Waals surface area contributed by atoms with Crippen LogP contribution in [0.4, 0.5) is 0 Å². The number of nitrogens with zero attached hydrogens (tertiary/aromatic N) is 1. The van der Waals surface area contributed by atoms with Crippen LogP contribution in [0.15, 0.2) is 97.1 Å². The monoisotopic (exact) mass is 452 g/mol. The molecule has 1 aliphatic rings. The lowest BCUT2D eigenvalue weighted by Crippen LogP contribution is -2.42. The topological polar surface area (TPSA) is 49.4 Å². The van der Waals surface area contributed by atoms with E-state index in [2.05, 4.69) is 53.8 Å². The summed E-state index contributed by atoms with van der Waals surface area (Å²) in [4.78, 5) is 27.2. The van der Waals surface area contributed by atoms with Crippen LogP contribution < -0.4 is 5.32 Å². The summed E-state index contributed by atoms with van der Waals surface area (Å²) in [5, 5.41) is 3.16. The van der Waals surface area contributed by atoms with E-state index in [1.165, 1.54) is 11.1 Å². The van der Waals surface area contributed by atoms with Crippen molar-refractivity contribution in [2.45, 2.75) is 25.2 Å². The molecule has 3 aromatic carbocycles. The zero-order chi connectivity index (χ0) is 23.6. The molecule has 1 heterocycles. The van der Waals surface area contributed by atoms with Crippen LogP contribution in [0.1, 0.15) is 41.9 Å². The molecule has 0 radical (unpaired) electrons. The minimum absolute atomic E-state index is 0.0104. The van der Waals surface area contributed by atoms with Gasteiger partial charge in [0.25, 0.3) is 0 Å². The molecule has 0 aromatic heterocycles. The Balaban J connectivity index is 1.25. The zero-order valence-electron chi connectivity index (χ0n) is 19.5. The largest absolute Gasteiger partial charge is 0.356 e. The molecule has 0 saturated carbocycles. The van der Waals surface area contributed by atoms with E-state index in [9.17, 15) is 9.59 Å². The van der Waals surface area contributed by atoms with E-state index in [4.69, 9.17) is 0 Å². The lowest BCUT2D eigenvalue weighted by atomic mass is 9.88. The molecule has 4 rings (SSSR count). The fourth-order valence-corrected chi connectivity index (χ4v) is 4.58. The second-order valence-corrected chi connectivity index (χ2v) is 8.80. The molecule has 0 spiro atoms. The van der Waals surface area contributed by atoms with Gasteiger partial charge in [-0.25, -0.2) is 0 Å². The summed E-state index contributed by atoms with van der Waals surface area (Å²) in [6.07, 6.45) is 5.73. The highest BCUT2D eigenvalue weighted by atomic mass is 16.2. The van der Waals surface area contributed by atoms with E-state index in [0.29, 0.717) is 32.5 Å². The summed E-state index contributed by atoms with van der Waals surface area (Å²) in [6.45, 7) is 1.87. The highest BCUT2D eigenvalue weighted by molar-refractivity contribution is 5.92. The number of likely N-dealkylation sites (tertiary alicyclic amines) is 1. The SMILES string of the molecule is O=C(NCCC(c1ccccc1)c1ccccc1)C1CCN(C(=O)/C=C/c2ccccc2)CC1. The van der Waals surface area contributed by atoms with Crippen LogP contribution in [0.2, 0.25) is 0 Å². The zero-order valence-corrected chi connectivity index (χ0v) is 19.5. The smallest absolute Gasteiger partial charge is 0.246 e. The first kappa shape index (κ1) is 23.5. The fraction of sp³-hybridized carbons (Fsp3) is 0.267. The minimum Gasteiger partial charge on any atom is -0.356 e. The second kappa shape index (κ2) is 12.0. The average Bonchev–Trinajstić information content (AvgIpc) is 2.91. The summed E-state index contributed by atoms with van der Waals surface area (Å²) in [5.41, 5.74) is 3.53. The Morgan fingerprint density at radius 3 is 1.91 bits per heavy atom. The average molecular weight is 453 g/mol. The van der Waals surface area contributed by atoms with Crippen molar-refractivity contribution in [3.8, 4) is 0 Å². The fourth-order valence-electron chi connectivity index (χ4n) is 4.58. The van der Waals surface area contributed by atoms with Gasteiger partial charge in [-0.1, -0.05) is 91.0 Å². The summed E-state index contributed by atoms with van der Waals surface area (Å²) >= 11 is 0. The molecule has 34 heavy (non-hydrogen) atoms. The molecule has 174 valence electrons. The summed E-state index contributed by atoms with van der Waals surface area (Å²) < 4.78 is 0. The molecule has 1 saturated heterocycles. The molecule has 0 atom stereocenters. The standard InChI is InChI=1S/C30H32N2O2/c33-29(17-16-24-10-4-1-5-11-24)32-22-19-27(20-23-32)30(34)31-21-18-28(25-12-6-2-7-13-25)26-14-8-3-9-15-26/h1-17,27-28H,18-23H2,(H,31,34)/b17-16+. The number of rotatable bonds is 8. The Kier molecular flexibility index (Phi) is 8.28. The van der Waals surface area contributed by atoms with E-state index in [1.54, 1.807) is 6.08 Å². The molecule has 4 heteroatoms. The first-order valence-corrected chi connectivity index (χ1v) is 12.1. The van der Waals surface area contributed by atoms with Gasteiger partial charge in [0.15, 0.2) is 0 Å². The molecular formula is C30H32N2O2. The normalized spacial score (nSPS) is 14.4. The molecule has 0 aliphatic carbocycles. The maximum Gasteiger partial charge on any atom is 0.246 e. The van der Waals surface area contributed by atoms with Crippen molar-refractivity contribution in [3.05, 3.63) is 114 Å². The van der Waals surface area contributed by atoms with E-state index >= 15 is 0 Å². The molecule has 3 aromatic rings. The van der Waals surface area contributed by atoms with Crippen LogP contribution >= 0.6 is 0 Å². The van der Waals surface area contributed by atoms with Crippen LogP contribution in [0.25, 0.3) is 6.08 Å². The molecule has 1 aliphatic heterocycles. The second-order valence-electron chi connectivity index (χ2n) is 8.80. The van der Waals surface area contributed by atoms with Gasteiger partial charge < -0.3 is 10.2 Å². The Morgan fingerprint density at radius 2 is 1.35 bits per heavy atom. The van der Waals surface area contributed by atoms with Gasteiger partial charge in [-0.05, 0) is 42.0 Å². The van der Waals surface area contributed by atoms with Gasteiger partial charge >= 0.3 is 0 Å². The third-order valence-electron chi connectivity index (χ3n) is 6.53. The number of hydrogen-bond donors (Lipinski definition) is 1. The first-order valence-electron chi connectivity index (χ1n) is 12.1. The number of hydrogen-bond acceptors (Lipinski definition) is 2. The summed E-state index contributed by atoms with van der Waals surface area (Å²) in [7, 11) is 0. The van der Waals surface area contributed by atoms with Gasteiger partial charge in [-0.2, -0.15) is 0 Å². The van der Waals surface area contributed by atoms with Crippen molar-refractivity contribution in [2.24, 2.45) is 5.92 Å². The van der Waals surface area contributed by atoms with Gasteiger partial charge in [0.1, 0.15) is 0 Å². The van der Waals surface area contributed by atoms with E-state index in [1.807, 2.05) is 53.4 Å². The minimum atomic E-state index is -0.0333. The van der Waals surface area contributed by atoms with Gasteiger partial charge in [-0.15, -0.1) is 0 Å². The number of carbonyl (C=O) groups is 2. The summed E-state index contributed by atoms with van der Waals surface area (Å²) in [5.74, 6) is 0.329. The van der Waals surface area contributed by atoms with Crippen molar-refractivity contribution in [1.29, 1.82) is 0 Å². The third-order valence-corrected chi connectivity index (χ3v) is 6.53. The molecule has 4 nitrogen and oxygen atoms in total. The highest BCUT2D eigenvalue weighted by Gasteiger charge is 2.26. The Morgan fingerprint density at radius 1 is 0.824 bits per heavy atom. The molecule has 1 N–H and O–H groups in total. The Hall–Kier alpha value is -3.66. The quantitative estimate of drug-likeness (QED) is 0.473. The van der Waals surface area contributed by atoms with E-state index in [0.717, 1.165) is 12.0 Å². The van der Waals surface area contributed by atoms with Crippen molar-refractivity contribution >= 4 is 17.9 Å². The number of nitrogens with one attached hydrogen (secondary N) is 1. The molecular weight excluding hydrogens is 420 g/mol. The van der Waals surface area contributed by atoms with Crippen LogP contribution in [0.5, 0.6) is 0 Å². The van der Waals surface area contributed by atoms with Crippen molar-refractivity contribution in [1.82, 2.24) is 10.2 Å². The van der Waals surface area contributed by atoms with Crippen LogP contribution in [-0.4, -0.2) is 36.3 Å². The molecule has 0 unspecified atom stereocenters. The predicted octanol–water partition coefficient (Wildman–Crippen LogP) is 5.28. The lowest BCUT2D eigenvalue weighted by molar-refractivity contribution is -0.132. The van der Waals surface area contributed by atoms with Crippen molar-refractivity contribution < 1.29 is 9.59 Å². The van der Waals surface area contributed by atoms with Crippen molar-refractivity contribution in [2.75, 3.05) is 19.6 Å². The first-order chi connectivity index (χ1) is 16.7. The number of benzene rings is 3. The highest BCUT2D eigenvalue weighted by Crippen LogP contribution is 2.27. The number of amides is 2. The molecule has 1 fully saturated rings.